The van der Waals surface area contributed by atoms with Crippen molar-refractivity contribution in [3.05, 3.63) is 24.2 Å². The Morgan fingerprint density at radius 2 is 2.38 bits per heavy atom. The van der Waals surface area contributed by atoms with Crippen LogP contribution in [0.25, 0.3) is 0 Å². The number of rotatable bonds is 3. The van der Waals surface area contributed by atoms with Crippen molar-refractivity contribution >= 4 is 0 Å². The van der Waals surface area contributed by atoms with Gasteiger partial charge in [-0.1, -0.05) is 0 Å². The molecule has 16 heavy (non-hydrogen) atoms. The third-order valence-electron chi connectivity index (χ3n) is 3.74. The molecule has 0 saturated carbocycles. The Kier molecular flexibility index (Phi) is 3.36. The van der Waals surface area contributed by atoms with E-state index in [1.165, 1.54) is 12.8 Å². The van der Waals surface area contributed by atoms with E-state index in [2.05, 4.69) is 30.1 Å². The Labute approximate surface area is 97.8 Å². The van der Waals surface area contributed by atoms with Gasteiger partial charge in [-0.25, -0.2) is 0 Å². The summed E-state index contributed by atoms with van der Waals surface area (Å²) in [6, 6.07) is 4.63. The summed E-state index contributed by atoms with van der Waals surface area (Å²) in [4.78, 5) is 2.51. The molecule has 0 radical (unpaired) electrons. The average Bonchev–Trinajstić information content (AvgIpc) is 2.74. The molecule has 3 nitrogen and oxygen atoms in total. The molecular formula is C13H22N2O. The fourth-order valence-corrected chi connectivity index (χ4v) is 2.39. The third-order valence-corrected chi connectivity index (χ3v) is 3.74. The topological polar surface area (TPSA) is 28.4 Å². The van der Waals surface area contributed by atoms with Crippen LogP contribution in [0.5, 0.6) is 0 Å². The summed E-state index contributed by atoms with van der Waals surface area (Å²) in [6.45, 7) is 6.66. The van der Waals surface area contributed by atoms with Gasteiger partial charge in [0.15, 0.2) is 0 Å². The van der Waals surface area contributed by atoms with Crippen LogP contribution < -0.4 is 5.32 Å². The van der Waals surface area contributed by atoms with Crippen molar-refractivity contribution in [3.8, 4) is 0 Å². The smallest absolute Gasteiger partial charge is 0.117 e. The lowest BCUT2D eigenvalue weighted by Crippen LogP contribution is -2.54. The first kappa shape index (κ1) is 11.7. The van der Waals surface area contributed by atoms with Gasteiger partial charge in [-0.2, -0.15) is 0 Å². The molecule has 0 spiro atoms. The average molecular weight is 222 g/mol. The van der Waals surface area contributed by atoms with Gasteiger partial charge in [-0.3, -0.25) is 4.90 Å². The molecule has 1 fully saturated rings. The minimum absolute atomic E-state index is 0.278. The van der Waals surface area contributed by atoms with E-state index in [9.17, 15) is 0 Å². The molecule has 0 aliphatic carbocycles. The number of nitrogens with one attached hydrogen (secondary N) is 1. The van der Waals surface area contributed by atoms with Crippen LogP contribution in [0.1, 0.15) is 32.4 Å². The maximum absolute atomic E-state index is 5.44. The highest BCUT2D eigenvalue weighted by molar-refractivity contribution is 5.01. The number of hydrogen-bond acceptors (Lipinski definition) is 3. The molecule has 1 saturated heterocycles. The number of furan rings is 1. The van der Waals surface area contributed by atoms with Crippen LogP contribution in [0, 0.1) is 0 Å². The van der Waals surface area contributed by atoms with Crippen molar-refractivity contribution in [3.63, 3.8) is 0 Å². The van der Waals surface area contributed by atoms with Crippen LogP contribution in [0.15, 0.2) is 22.8 Å². The van der Waals surface area contributed by atoms with E-state index in [-0.39, 0.29) is 5.54 Å². The highest BCUT2D eigenvalue weighted by atomic mass is 16.3. The lowest BCUT2D eigenvalue weighted by atomic mass is 9.88. The van der Waals surface area contributed by atoms with Gasteiger partial charge in [0.25, 0.3) is 0 Å². The molecule has 3 heteroatoms. The molecule has 2 heterocycles. The summed E-state index contributed by atoms with van der Waals surface area (Å²) in [5.74, 6) is 1.06. The van der Waals surface area contributed by atoms with E-state index in [0.29, 0.717) is 6.04 Å². The van der Waals surface area contributed by atoms with Crippen LogP contribution in [0.2, 0.25) is 0 Å². The first-order chi connectivity index (χ1) is 7.62. The molecule has 1 aromatic rings. The highest BCUT2D eigenvalue weighted by Crippen LogP contribution is 2.28. The van der Waals surface area contributed by atoms with Crippen LogP contribution in [-0.2, 0) is 6.54 Å². The molecule has 1 aromatic heterocycles. The first-order valence-corrected chi connectivity index (χ1v) is 6.06. The summed E-state index contributed by atoms with van der Waals surface area (Å²) in [6.07, 6.45) is 4.25. The Morgan fingerprint density at radius 1 is 1.56 bits per heavy atom. The second kappa shape index (κ2) is 4.60. The van der Waals surface area contributed by atoms with Gasteiger partial charge in [-0.15, -0.1) is 0 Å². The lowest BCUT2D eigenvalue weighted by Gasteiger charge is -2.45. The minimum atomic E-state index is 0.278. The van der Waals surface area contributed by atoms with Gasteiger partial charge in [0.2, 0.25) is 0 Å². The molecule has 1 N–H and O–H groups in total. The van der Waals surface area contributed by atoms with Gasteiger partial charge in [0, 0.05) is 18.1 Å². The number of piperidine rings is 1. The Morgan fingerprint density at radius 3 is 3.00 bits per heavy atom. The molecule has 1 aliphatic rings. The Balaban J connectivity index is 2.04. The normalized spacial score (nSPS) is 25.8. The number of hydrogen-bond donors (Lipinski definition) is 1. The predicted molar refractivity (Wildman–Crippen MR) is 65.3 cm³/mol. The zero-order valence-electron chi connectivity index (χ0n) is 10.5. The van der Waals surface area contributed by atoms with Crippen molar-refractivity contribution in [1.82, 2.24) is 10.2 Å². The quantitative estimate of drug-likeness (QED) is 0.850. The Hall–Kier alpha value is -0.800. The molecule has 0 bridgehead atoms. The van der Waals surface area contributed by atoms with E-state index in [1.807, 2.05) is 13.1 Å². The summed E-state index contributed by atoms with van der Waals surface area (Å²) in [7, 11) is 2.05. The molecular weight excluding hydrogens is 200 g/mol. The molecule has 0 amide bonds. The SMILES string of the molecule is CNC1CCC(C)(C)N(Cc2ccco2)C1. The molecule has 1 unspecified atom stereocenters. The summed E-state index contributed by atoms with van der Waals surface area (Å²) >= 11 is 0. The molecule has 2 rings (SSSR count). The summed E-state index contributed by atoms with van der Waals surface area (Å²) < 4.78 is 5.44. The predicted octanol–water partition coefficient (Wildman–Crippen LogP) is 2.24. The van der Waals surface area contributed by atoms with Crippen LogP contribution in [0.4, 0.5) is 0 Å². The number of nitrogens with zero attached hydrogens (tertiary/aromatic N) is 1. The van der Waals surface area contributed by atoms with Crippen molar-refractivity contribution in [2.75, 3.05) is 13.6 Å². The van der Waals surface area contributed by atoms with E-state index in [1.54, 1.807) is 6.26 Å². The van der Waals surface area contributed by atoms with Crippen LogP contribution in [0.3, 0.4) is 0 Å². The van der Waals surface area contributed by atoms with Gasteiger partial charge in [0.05, 0.1) is 12.8 Å². The van der Waals surface area contributed by atoms with Gasteiger partial charge >= 0.3 is 0 Å². The van der Waals surface area contributed by atoms with Gasteiger partial charge in [0.1, 0.15) is 5.76 Å². The standard InChI is InChI=1S/C13H22N2O/c1-13(2)7-6-11(14-3)9-15(13)10-12-5-4-8-16-12/h4-5,8,11,14H,6-7,9-10H2,1-3H3. The van der Waals surface area contributed by atoms with Crippen LogP contribution in [-0.4, -0.2) is 30.1 Å². The van der Waals surface area contributed by atoms with E-state index in [4.69, 9.17) is 4.42 Å². The monoisotopic (exact) mass is 222 g/mol. The molecule has 0 aromatic carbocycles. The van der Waals surface area contributed by atoms with Crippen molar-refractivity contribution in [2.24, 2.45) is 0 Å². The second-order valence-electron chi connectivity index (χ2n) is 5.30. The number of likely N-dealkylation sites (tertiary alicyclic amines) is 1. The maximum Gasteiger partial charge on any atom is 0.117 e. The van der Waals surface area contributed by atoms with Crippen molar-refractivity contribution < 1.29 is 4.42 Å². The van der Waals surface area contributed by atoms with Gasteiger partial charge < -0.3 is 9.73 Å². The number of likely N-dealkylation sites (N-methyl/N-ethyl adjacent to an activating group) is 1. The molecule has 1 aliphatic heterocycles. The second-order valence-corrected chi connectivity index (χ2v) is 5.30. The highest BCUT2D eigenvalue weighted by Gasteiger charge is 2.33. The Bertz CT molecular complexity index is 319. The van der Waals surface area contributed by atoms with E-state index < -0.39 is 0 Å². The summed E-state index contributed by atoms with van der Waals surface area (Å²) in [5.41, 5.74) is 0.278. The largest absolute Gasteiger partial charge is 0.468 e. The van der Waals surface area contributed by atoms with Gasteiger partial charge in [-0.05, 0) is 45.9 Å². The maximum atomic E-state index is 5.44. The lowest BCUT2D eigenvalue weighted by molar-refractivity contribution is 0.0458. The van der Waals surface area contributed by atoms with E-state index in [0.717, 1.165) is 18.8 Å². The third kappa shape index (κ3) is 2.47. The van der Waals surface area contributed by atoms with Crippen molar-refractivity contribution in [1.29, 1.82) is 0 Å². The van der Waals surface area contributed by atoms with Crippen molar-refractivity contribution in [2.45, 2.75) is 44.8 Å². The minimum Gasteiger partial charge on any atom is -0.468 e. The van der Waals surface area contributed by atoms with E-state index >= 15 is 0 Å². The molecule has 90 valence electrons. The van der Waals surface area contributed by atoms with Crippen LogP contribution >= 0.6 is 0 Å². The zero-order valence-corrected chi connectivity index (χ0v) is 10.5. The fraction of sp³-hybridized carbons (Fsp3) is 0.692. The molecule has 1 atom stereocenters. The zero-order chi connectivity index (χ0) is 11.6. The fourth-order valence-electron chi connectivity index (χ4n) is 2.39. The summed E-state index contributed by atoms with van der Waals surface area (Å²) in [5, 5.41) is 3.38. The first-order valence-electron chi connectivity index (χ1n) is 6.06.